The molecule has 8 heteroatoms. The van der Waals surface area contributed by atoms with Crippen molar-refractivity contribution in [1.29, 1.82) is 0 Å². The molecule has 3 aromatic heterocycles. The summed E-state index contributed by atoms with van der Waals surface area (Å²) in [5, 5.41) is 16.4. The normalized spacial score (nSPS) is 11.0. The number of benzene rings is 1. The second-order valence-corrected chi connectivity index (χ2v) is 6.53. The van der Waals surface area contributed by atoms with E-state index in [0.29, 0.717) is 5.56 Å². The number of amides is 1. The number of aryl methyl sites for hydroxylation is 2. The Balaban J connectivity index is 1.61. The molecule has 0 bridgehead atoms. The molecular weight excluding hydrogens is 336 g/mol. The van der Waals surface area contributed by atoms with Gasteiger partial charge in [0.05, 0.1) is 5.56 Å². The molecule has 0 spiro atoms. The predicted molar refractivity (Wildman–Crippen MR) is 95.8 cm³/mol. The highest BCUT2D eigenvalue weighted by Gasteiger charge is 2.13. The van der Waals surface area contributed by atoms with Gasteiger partial charge in [-0.25, -0.2) is 0 Å². The van der Waals surface area contributed by atoms with Crippen LogP contribution in [0.2, 0.25) is 0 Å². The van der Waals surface area contributed by atoms with Crippen LogP contribution in [-0.4, -0.2) is 30.7 Å². The van der Waals surface area contributed by atoms with Gasteiger partial charge in [-0.15, -0.1) is 10.2 Å². The third-order valence-electron chi connectivity index (χ3n) is 3.79. The van der Waals surface area contributed by atoms with E-state index in [1.807, 2.05) is 32.0 Å². The van der Waals surface area contributed by atoms with Gasteiger partial charge in [0.1, 0.15) is 5.01 Å². The summed E-state index contributed by atoms with van der Waals surface area (Å²) in [5.41, 5.74) is 3.22. The van der Waals surface area contributed by atoms with Gasteiger partial charge < -0.3 is 5.32 Å². The van der Waals surface area contributed by atoms with Crippen LogP contribution >= 0.6 is 11.3 Å². The lowest BCUT2D eigenvalue weighted by molar-refractivity contribution is 0.102. The van der Waals surface area contributed by atoms with E-state index in [1.165, 1.54) is 11.3 Å². The van der Waals surface area contributed by atoms with Gasteiger partial charge in [-0.2, -0.15) is 9.61 Å². The monoisotopic (exact) mass is 350 g/mol. The third kappa shape index (κ3) is 2.87. The van der Waals surface area contributed by atoms with E-state index in [9.17, 15) is 4.79 Å². The standard InChI is InChI=1S/C17H14N6OS/c1-10-8-12(16-22-23-11(2)20-21-17(23)25-16)5-6-14(10)19-15(24)13-4-3-7-18-9-13/h3-9H,1-2H3,(H,19,24). The topological polar surface area (TPSA) is 85.1 Å². The number of hydrogen-bond acceptors (Lipinski definition) is 6. The molecule has 3 heterocycles. The van der Waals surface area contributed by atoms with Gasteiger partial charge >= 0.3 is 0 Å². The van der Waals surface area contributed by atoms with Crippen molar-refractivity contribution in [3.8, 4) is 10.6 Å². The summed E-state index contributed by atoms with van der Waals surface area (Å²) in [7, 11) is 0. The number of hydrogen-bond donors (Lipinski definition) is 1. The van der Waals surface area contributed by atoms with Gasteiger partial charge in [0.25, 0.3) is 5.91 Å². The molecule has 4 aromatic rings. The van der Waals surface area contributed by atoms with Crippen molar-refractivity contribution in [3.63, 3.8) is 0 Å². The quantitative estimate of drug-likeness (QED) is 0.613. The molecular formula is C17H14N6OS. The van der Waals surface area contributed by atoms with Crippen molar-refractivity contribution in [2.24, 2.45) is 0 Å². The number of anilines is 1. The van der Waals surface area contributed by atoms with E-state index in [4.69, 9.17) is 0 Å². The molecule has 1 amide bonds. The average molecular weight is 350 g/mol. The lowest BCUT2D eigenvalue weighted by Gasteiger charge is -2.09. The van der Waals surface area contributed by atoms with Gasteiger partial charge in [0.2, 0.25) is 4.96 Å². The number of fused-ring (bicyclic) bond motifs is 1. The first-order chi connectivity index (χ1) is 12.1. The third-order valence-corrected chi connectivity index (χ3v) is 4.74. The number of carbonyl (C=O) groups excluding carboxylic acids is 1. The van der Waals surface area contributed by atoms with E-state index in [0.717, 1.165) is 32.6 Å². The molecule has 0 aliphatic heterocycles. The highest BCUT2D eigenvalue weighted by molar-refractivity contribution is 7.19. The minimum absolute atomic E-state index is 0.182. The number of aromatic nitrogens is 5. The summed E-state index contributed by atoms with van der Waals surface area (Å²) in [6.45, 7) is 3.82. The fraction of sp³-hybridized carbons (Fsp3) is 0.118. The summed E-state index contributed by atoms with van der Waals surface area (Å²) >= 11 is 1.48. The minimum Gasteiger partial charge on any atom is -0.322 e. The number of nitrogens with zero attached hydrogens (tertiary/aromatic N) is 5. The van der Waals surface area contributed by atoms with Gasteiger partial charge in [-0.05, 0) is 49.7 Å². The van der Waals surface area contributed by atoms with Crippen LogP contribution in [0.15, 0.2) is 42.7 Å². The molecule has 1 N–H and O–H groups in total. The Morgan fingerprint density at radius 2 is 2.08 bits per heavy atom. The molecule has 25 heavy (non-hydrogen) atoms. The summed E-state index contributed by atoms with van der Waals surface area (Å²) in [4.78, 5) is 17.0. The molecule has 0 aliphatic rings. The van der Waals surface area contributed by atoms with Crippen molar-refractivity contribution < 1.29 is 4.79 Å². The molecule has 124 valence electrons. The van der Waals surface area contributed by atoms with Crippen LogP contribution in [0.25, 0.3) is 15.5 Å². The van der Waals surface area contributed by atoms with Crippen LogP contribution in [0, 0.1) is 13.8 Å². The lowest BCUT2D eigenvalue weighted by Crippen LogP contribution is -2.12. The molecule has 0 saturated heterocycles. The van der Waals surface area contributed by atoms with E-state index >= 15 is 0 Å². The maximum absolute atomic E-state index is 12.3. The first-order valence-corrected chi connectivity index (χ1v) is 8.45. The molecule has 0 saturated carbocycles. The Hall–Kier alpha value is -3.13. The second-order valence-electron chi connectivity index (χ2n) is 5.57. The molecule has 0 radical (unpaired) electrons. The van der Waals surface area contributed by atoms with Gasteiger partial charge in [0.15, 0.2) is 5.82 Å². The second kappa shape index (κ2) is 6.06. The SMILES string of the molecule is Cc1cc(-c2nn3c(C)nnc3s2)ccc1NC(=O)c1cccnc1. The smallest absolute Gasteiger partial charge is 0.257 e. The molecule has 0 atom stereocenters. The average Bonchev–Trinajstić information content (AvgIpc) is 3.20. The largest absolute Gasteiger partial charge is 0.322 e. The van der Waals surface area contributed by atoms with Crippen LogP contribution in [-0.2, 0) is 0 Å². The Morgan fingerprint density at radius 1 is 1.20 bits per heavy atom. The van der Waals surface area contributed by atoms with Crippen molar-refractivity contribution in [1.82, 2.24) is 24.8 Å². The van der Waals surface area contributed by atoms with Crippen LogP contribution in [0.5, 0.6) is 0 Å². The van der Waals surface area contributed by atoms with Crippen molar-refractivity contribution in [3.05, 3.63) is 59.7 Å². The zero-order valence-corrected chi connectivity index (χ0v) is 14.4. The van der Waals surface area contributed by atoms with E-state index in [2.05, 4.69) is 25.6 Å². The van der Waals surface area contributed by atoms with Crippen LogP contribution < -0.4 is 5.32 Å². The fourth-order valence-electron chi connectivity index (χ4n) is 2.46. The van der Waals surface area contributed by atoms with E-state index in [-0.39, 0.29) is 5.91 Å². The predicted octanol–water partition coefficient (Wildman–Crippen LogP) is 3.12. The zero-order valence-electron chi connectivity index (χ0n) is 13.6. The van der Waals surface area contributed by atoms with E-state index in [1.54, 1.807) is 29.0 Å². The van der Waals surface area contributed by atoms with E-state index < -0.39 is 0 Å². The Bertz CT molecular complexity index is 1070. The van der Waals surface area contributed by atoms with Gasteiger partial charge in [0, 0.05) is 23.6 Å². The minimum atomic E-state index is -0.182. The van der Waals surface area contributed by atoms with Gasteiger partial charge in [-0.1, -0.05) is 11.3 Å². The van der Waals surface area contributed by atoms with Crippen LogP contribution in [0.3, 0.4) is 0 Å². The van der Waals surface area contributed by atoms with Crippen molar-refractivity contribution in [2.75, 3.05) is 5.32 Å². The number of carbonyl (C=O) groups is 1. The summed E-state index contributed by atoms with van der Waals surface area (Å²) in [6, 6.07) is 9.29. The molecule has 7 nitrogen and oxygen atoms in total. The maximum atomic E-state index is 12.3. The number of nitrogens with one attached hydrogen (secondary N) is 1. The lowest BCUT2D eigenvalue weighted by atomic mass is 10.1. The first-order valence-electron chi connectivity index (χ1n) is 7.63. The molecule has 0 fully saturated rings. The Kier molecular flexibility index (Phi) is 3.73. The Labute approximate surface area is 147 Å². The summed E-state index contributed by atoms with van der Waals surface area (Å²) < 4.78 is 1.73. The highest BCUT2D eigenvalue weighted by atomic mass is 32.1. The van der Waals surface area contributed by atoms with Crippen LogP contribution in [0.4, 0.5) is 5.69 Å². The first kappa shape index (κ1) is 15.4. The molecule has 0 aliphatic carbocycles. The summed E-state index contributed by atoms with van der Waals surface area (Å²) in [5.74, 6) is 0.577. The Morgan fingerprint density at radius 3 is 2.80 bits per heavy atom. The fourth-order valence-corrected chi connectivity index (χ4v) is 3.34. The number of pyridine rings is 1. The molecule has 1 aromatic carbocycles. The maximum Gasteiger partial charge on any atom is 0.257 e. The number of rotatable bonds is 3. The van der Waals surface area contributed by atoms with Gasteiger partial charge in [-0.3, -0.25) is 9.78 Å². The molecule has 0 unspecified atom stereocenters. The van der Waals surface area contributed by atoms with Crippen molar-refractivity contribution >= 4 is 27.9 Å². The molecule has 4 rings (SSSR count). The summed E-state index contributed by atoms with van der Waals surface area (Å²) in [6.07, 6.45) is 3.18. The van der Waals surface area contributed by atoms with Crippen LogP contribution in [0.1, 0.15) is 21.7 Å². The highest BCUT2D eigenvalue weighted by Crippen LogP contribution is 2.28. The zero-order chi connectivity index (χ0) is 17.4. The van der Waals surface area contributed by atoms with Crippen molar-refractivity contribution in [2.45, 2.75) is 13.8 Å².